The van der Waals surface area contributed by atoms with Gasteiger partial charge in [-0.25, -0.2) is 0 Å². The van der Waals surface area contributed by atoms with E-state index in [2.05, 4.69) is 22.9 Å². The number of rotatable bonds is 6. The Bertz CT molecular complexity index is 572. The lowest BCUT2D eigenvalue weighted by Crippen LogP contribution is -2.01. The highest BCUT2D eigenvalue weighted by Gasteiger charge is 2.09. The third-order valence-corrected chi connectivity index (χ3v) is 3.27. The average Bonchev–Trinajstić information content (AvgIpc) is 2.48. The predicted molar refractivity (Wildman–Crippen MR) is 84.3 cm³/mol. The molecule has 0 heterocycles. The normalized spacial score (nSPS) is 10.3. The molecule has 0 spiro atoms. The Hall–Kier alpha value is -1.52. The monoisotopic (exact) mass is 335 g/mol. The first-order valence-electron chi connectivity index (χ1n) is 6.62. The number of benzene rings is 2. The fourth-order valence-electron chi connectivity index (χ4n) is 1.79. The highest BCUT2D eigenvalue weighted by atomic mass is 79.9. The highest BCUT2D eigenvalue weighted by molar-refractivity contribution is 9.10. The maximum Gasteiger partial charge on any atom is 0.169 e. The molecule has 0 radical (unpaired) electrons. The van der Waals surface area contributed by atoms with E-state index >= 15 is 0 Å². The summed E-state index contributed by atoms with van der Waals surface area (Å²) in [7, 11) is 0. The Morgan fingerprint density at radius 2 is 1.80 bits per heavy atom. The number of ether oxygens (including phenoxy) is 2. The van der Waals surface area contributed by atoms with Gasteiger partial charge < -0.3 is 15.2 Å². The summed E-state index contributed by atoms with van der Waals surface area (Å²) in [6, 6.07) is 13.5. The minimum atomic E-state index is 0.423. The van der Waals surface area contributed by atoms with E-state index in [0.717, 1.165) is 28.0 Å². The van der Waals surface area contributed by atoms with E-state index < -0.39 is 0 Å². The number of para-hydroxylation sites is 2. The Kier molecular flexibility index (Phi) is 5.44. The van der Waals surface area contributed by atoms with Gasteiger partial charge in [0.1, 0.15) is 5.75 Å². The van der Waals surface area contributed by atoms with E-state index in [9.17, 15) is 0 Å². The summed E-state index contributed by atoms with van der Waals surface area (Å²) in [6.07, 6.45) is 0.959. The second kappa shape index (κ2) is 7.31. The molecule has 2 aromatic rings. The van der Waals surface area contributed by atoms with Gasteiger partial charge in [0.15, 0.2) is 11.5 Å². The van der Waals surface area contributed by atoms with Crippen molar-refractivity contribution in [3.8, 4) is 17.2 Å². The summed E-state index contributed by atoms with van der Waals surface area (Å²) in [4.78, 5) is 0. The smallest absolute Gasteiger partial charge is 0.169 e. The number of hydrogen-bond donors (Lipinski definition) is 1. The van der Waals surface area contributed by atoms with E-state index in [-0.39, 0.29) is 0 Å². The summed E-state index contributed by atoms with van der Waals surface area (Å²) < 4.78 is 12.6. The first kappa shape index (κ1) is 14.9. The molecule has 0 amide bonds. The Labute approximate surface area is 127 Å². The zero-order valence-electron chi connectivity index (χ0n) is 11.4. The van der Waals surface area contributed by atoms with Crippen LogP contribution in [0.2, 0.25) is 0 Å². The van der Waals surface area contributed by atoms with Crippen LogP contribution in [-0.2, 0) is 6.54 Å². The van der Waals surface area contributed by atoms with Crippen molar-refractivity contribution in [2.75, 3.05) is 6.61 Å². The molecule has 0 saturated heterocycles. The highest BCUT2D eigenvalue weighted by Crippen LogP contribution is 2.33. The van der Waals surface area contributed by atoms with Crippen LogP contribution in [0.25, 0.3) is 0 Å². The van der Waals surface area contributed by atoms with Crippen LogP contribution in [-0.4, -0.2) is 6.61 Å². The molecule has 2 rings (SSSR count). The third-order valence-electron chi connectivity index (χ3n) is 2.77. The van der Waals surface area contributed by atoms with E-state index in [1.807, 2.05) is 42.5 Å². The van der Waals surface area contributed by atoms with Crippen LogP contribution in [0.5, 0.6) is 17.2 Å². The summed E-state index contributed by atoms with van der Waals surface area (Å²) in [5.41, 5.74) is 6.71. The van der Waals surface area contributed by atoms with Crippen molar-refractivity contribution in [2.24, 2.45) is 5.73 Å². The molecule has 0 aliphatic rings. The molecule has 0 aromatic heterocycles. The van der Waals surface area contributed by atoms with Gasteiger partial charge in [-0.2, -0.15) is 0 Å². The van der Waals surface area contributed by atoms with Gasteiger partial charge in [0.2, 0.25) is 0 Å². The van der Waals surface area contributed by atoms with Gasteiger partial charge in [-0.15, -0.1) is 0 Å². The molecule has 4 heteroatoms. The quantitative estimate of drug-likeness (QED) is 0.845. The molecule has 20 heavy (non-hydrogen) atoms. The minimum Gasteiger partial charge on any atom is -0.490 e. The first-order chi connectivity index (χ1) is 9.74. The van der Waals surface area contributed by atoms with E-state index in [1.165, 1.54) is 0 Å². The van der Waals surface area contributed by atoms with Crippen molar-refractivity contribution in [2.45, 2.75) is 19.9 Å². The van der Waals surface area contributed by atoms with Crippen molar-refractivity contribution in [3.63, 3.8) is 0 Å². The molecular formula is C16H18BrNO2. The molecule has 0 saturated carbocycles. The van der Waals surface area contributed by atoms with Gasteiger partial charge >= 0.3 is 0 Å². The van der Waals surface area contributed by atoms with Crippen LogP contribution < -0.4 is 15.2 Å². The standard InChI is InChI=1S/C16H18BrNO2/c1-2-9-19-15-5-3-4-6-16(15)20-14-8-7-13(17)10-12(14)11-18/h3-8,10H,2,9,11,18H2,1H3. The largest absolute Gasteiger partial charge is 0.490 e. The zero-order chi connectivity index (χ0) is 14.4. The topological polar surface area (TPSA) is 44.5 Å². The Morgan fingerprint density at radius 1 is 1.05 bits per heavy atom. The first-order valence-corrected chi connectivity index (χ1v) is 7.42. The molecule has 0 fully saturated rings. The fraction of sp³-hybridized carbons (Fsp3) is 0.250. The lowest BCUT2D eigenvalue weighted by atomic mass is 10.2. The molecule has 0 bridgehead atoms. The third kappa shape index (κ3) is 3.74. The van der Waals surface area contributed by atoms with Gasteiger partial charge in [0.25, 0.3) is 0 Å². The summed E-state index contributed by atoms with van der Waals surface area (Å²) in [5.74, 6) is 2.21. The van der Waals surface area contributed by atoms with Crippen molar-refractivity contribution in [3.05, 3.63) is 52.5 Å². The summed E-state index contributed by atoms with van der Waals surface area (Å²) in [5, 5.41) is 0. The van der Waals surface area contributed by atoms with Gasteiger partial charge in [0.05, 0.1) is 6.61 Å². The SMILES string of the molecule is CCCOc1ccccc1Oc1ccc(Br)cc1CN. The second-order valence-electron chi connectivity index (χ2n) is 4.35. The average molecular weight is 336 g/mol. The van der Waals surface area contributed by atoms with Crippen molar-refractivity contribution in [1.29, 1.82) is 0 Å². The molecule has 2 aromatic carbocycles. The minimum absolute atomic E-state index is 0.423. The molecule has 3 nitrogen and oxygen atoms in total. The number of hydrogen-bond acceptors (Lipinski definition) is 3. The second-order valence-corrected chi connectivity index (χ2v) is 5.27. The Morgan fingerprint density at radius 3 is 2.50 bits per heavy atom. The summed E-state index contributed by atoms with van der Waals surface area (Å²) in [6.45, 7) is 3.17. The molecular weight excluding hydrogens is 318 g/mol. The Balaban J connectivity index is 2.25. The van der Waals surface area contributed by atoms with Crippen molar-refractivity contribution in [1.82, 2.24) is 0 Å². The van der Waals surface area contributed by atoms with Crippen LogP contribution in [0.4, 0.5) is 0 Å². The predicted octanol–water partition coefficient (Wildman–Crippen LogP) is 4.49. The van der Waals surface area contributed by atoms with Crippen LogP contribution >= 0.6 is 15.9 Å². The van der Waals surface area contributed by atoms with Gasteiger partial charge in [-0.1, -0.05) is 35.0 Å². The fourth-order valence-corrected chi connectivity index (χ4v) is 2.20. The number of halogens is 1. The van der Waals surface area contributed by atoms with E-state index in [4.69, 9.17) is 15.2 Å². The maximum absolute atomic E-state index is 5.96. The van der Waals surface area contributed by atoms with Crippen LogP contribution in [0, 0.1) is 0 Å². The van der Waals surface area contributed by atoms with Gasteiger partial charge in [-0.3, -0.25) is 0 Å². The van der Waals surface area contributed by atoms with E-state index in [1.54, 1.807) is 0 Å². The lowest BCUT2D eigenvalue weighted by Gasteiger charge is -2.14. The van der Waals surface area contributed by atoms with Gasteiger partial charge in [0, 0.05) is 16.6 Å². The molecule has 0 atom stereocenters. The van der Waals surface area contributed by atoms with Gasteiger partial charge in [-0.05, 0) is 36.8 Å². The lowest BCUT2D eigenvalue weighted by molar-refractivity contribution is 0.302. The number of nitrogens with two attached hydrogens (primary N) is 1. The molecule has 2 N–H and O–H groups in total. The van der Waals surface area contributed by atoms with Crippen molar-refractivity contribution >= 4 is 15.9 Å². The van der Waals surface area contributed by atoms with Crippen LogP contribution in [0.15, 0.2) is 46.9 Å². The van der Waals surface area contributed by atoms with Crippen LogP contribution in [0.1, 0.15) is 18.9 Å². The molecule has 0 aliphatic heterocycles. The maximum atomic E-state index is 5.96. The summed E-state index contributed by atoms with van der Waals surface area (Å²) >= 11 is 3.44. The molecule has 0 aliphatic carbocycles. The van der Waals surface area contributed by atoms with Crippen molar-refractivity contribution < 1.29 is 9.47 Å². The van der Waals surface area contributed by atoms with E-state index in [0.29, 0.717) is 18.9 Å². The molecule has 0 unspecified atom stereocenters. The zero-order valence-corrected chi connectivity index (χ0v) is 13.0. The molecule has 106 valence electrons. The van der Waals surface area contributed by atoms with Crippen LogP contribution in [0.3, 0.4) is 0 Å².